The molecule has 30 heavy (non-hydrogen) atoms. The minimum Gasteiger partial charge on any atom is -0.477 e. The number of imidazole rings is 1. The number of aromatic carboxylic acids is 1. The highest BCUT2D eigenvalue weighted by Gasteiger charge is 2.37. The van der Waals surface area contributed by atoms with Gasteiger partial charge in [0.1, 0.15) is 5.82 Å². The van der Waals surface area contributed by atoms with Gasteiger partial charge in [0.05, 0.1) is 23.4 Å². The largest absolute Gasteiger partial charge is 0.477 e. The molecule has 0 aliphatic carbocycles. The summed E-state index contributed by atoms with van der Waals surface area (Å²) in [5.41, 5.74) is -3.22. The van der Waals surface area contributed by atoms with Crippen molar-refractivity contribution in [1.82, 2.24) is 9.55 Å². The van der Waals surface area contributed by atoms with Crippen LogP contribution < -0.4 is 0 Å². The summed E-state index contributed by atoms with van der Waals surface area (Å²) in [4.78, 5) is 15.9. The zero-order valence-corrected chi connectivity index (χ0v) is 15.3. The maximum atomic E-state index is 13.4. The molecule has 0 bridgehead atoms. The number of aromatic nitrogens is 2. The molecule has 4 nitrogen and oxygen atoms in total. The Morgan fingerprint density at radius 1 is 1.00 bits per heavy atom. The van der Waals surface area contributed by atoms with E-state index in [9.17, 15) is 36.2 Å². The fourth-order valence-electron chi connectivity index (χ4n) is 3.15. The topological polar surface area (TPSA) is 55.1 Å². The first-order valence-electron chi connectivity index (χ1n) is 8.52. The molecule has 158 valence electrons. The summed E-state index contributed by atoms with van der Waals surface area (Å²) in [7, 11) is 0. The zero-order chi connectivity index (χ0) is 22.3. The van der Waals surface area contributed by atoms with Crippen LogP contribution in [0.3, 0.4) is 0 Å². The van der Waals surface area contributed by atoms with Crippen LogP contribution in [-0.2, 0) is 18.9 Å². The summed E-state index contributed by atoms with van der Waals surface area (Å²) in [6, 6.07) is 9.15. The summed E-state index contributed by atoms with van der Waals surface area (Å²) >= 11 is 0. The van der Waals surface area contributed by atoms with Crippen molar-refractivity contribution in [2.24, 2.45) is 0 Å². The van der Waals surface area contributed by atoms with Gasteiger partial charge < -0.3 is 9.67 Å². The van der Waals surface area contributed by atoms with Crippen LogP contribution in [0, 0.1) is 6.92 Å². The molecule has 1 N–H and O–H groups in total. The Kier molecular flexibility index (Phi) is 5.36. The summed E-state index contributed by atoms with van der Waals surface area (Å²) in [6.45, 7) is 0.606. The molecule has 0 saturated carbocycles. The lowest BCUT2D eigenvalue weighted by Gasteiger charge is -2.18. The smallest absolute Gasteiger partial charge is 0.416 e. The number of carbonyl (C=O) groups is 1. The molecule has 0 aliphatic heterocycles. The number of hydrogen-bond acceptors (Lipinski definition) is 2. The fraction of sp³-hybridized carbons (Fsp3) is 0.200. The summed E-state index contributed by atoms with van der Waals surface area (Å²) in [5.74, 6) is -1.42. The standard InChI is InChI=1S/C20H14F6N2O2/c1-11-16(18(29)30)28(17(27-11)12-5-3-2-4-6-12)10-13-9-14(19(21,22)23)7-8-15(13)20(24,25)26/h2-9H,10H2,1H3,(H,29,30). The van der Waals surface area contributed by atoms with Crippen LogP contribution in [-0.4, -0.2) is 20.6 Å². The third-order valence-electron chi connectivity index (χ3n) is 4.44. The van der Waals surface area contributed by atoms with Crippen LogP contribution in [0.2, 0.25) is 0 Å². The molecule has 0 fully saturated rings. The minimum absolute atomic E-state index is 0.0295. The van der Waals surface area contributed by atoms with Crippen LogP contribution >= 0.6 is 0 Å². The van der Waals surface area contributed by atoms with Gasteiger partial charge in [-0.3, -0.25) is 0 Å². The van der Waals surface area contributed by atoms with Gasteiger partial charge in [0.2, 0.25) is 0 Å². The van der Waals surface area contributed by atoms with E-state index in [2.05, 4.69) is 4.98 Å². The van der Waals surface area contributed by atoms with Gasteiger partial charge in [-0.15, -0.1) is 0 Å². The van der Waals surface area contributed by atoms with Gasteiger partial charge in [-0.05, 0) is 30.7 Å². The van der Waals surface area contributed by atoms with E-state index in [0.717, 1.165) is 4.57 Å². The second-order valence-electron chi connectivity index (χ2n) is 6.49. The number of nitrogens with zero attached hydrogens (tertiary/aromatic N) is 2. The Morgan fingerprint density at radius 3 is 2.17 bits per heavy atom. The second-order valence-corrected chi connectivity index (χ2v) is 6.49. The number of halogens is 6. The molecule has 1 heterocycles. The average Bonchev–Trinajstić information content (AvgIpc) is 2.97. The first-order valence-corrected chi connectivity index (χ1v) is 8.52. The van der Waals surface area contributed by atoms with Gasteiger partial charge in [0, 0.05) is 5.56 Å². The van der Waals surface area contributed by atoms with E-state index >= 15 is 0 Å². The van der Waals surface area contributed by atoms with E-state index in [4.69, 9.17) is 0 Å². The highest BCUT2D eigenvalue weighted by Crippen LogP contribution is 2.37. The molecule has 0 unspecified atom stereocenters. The summed E-state index contributed by atoms with van der Waals surface area (Å²) in [5, 5.41) is 9.53. The third-order valence-corrected chi connectivity index (χ3v) is 4.44. The van der Waals surface area contributed by atoms with Gasteiger partial charge in [0.15, 0.2) is 5.69 Å². The lowest BCUT2D eigenvalue weighted by Crippen LogP contribution is -2.17. The number of carboxylic acid groups (broad SMARTS) is 1. The second kappa shape index (κ2) is 7.51. The van der Waals surface area contributed by atoms with E-state index in [1.807, 2.05) is 0 Å². The Hall–Kier alpha value is -3.30. The zero-order valence-electron chi connectivity index (χ0n) is 15.3. The highest BCUT2D eigenvalue weighted by atomic mass is 19.4. The van der Waals surface area contributed by atoms with Crippen molar-refractivity contribution in [2.45, 2.75) is 25.8 Å². The molecular weight excluding hydrogens is 414 g/mol. The molecule has 0 saturated heterocycles. The van der Waals surface area contributed by atoms with Crippen molar-refractivity contribution >= 4 is 5.97 Å². The number of carboxylic acids is 1. The number of benzene rings is 2. The van der Waals surface area contributed by atoms with Crippen molar-refractivity contribution < 1.29 is 36.2 Å². The number of rotatable bonds is 4. The third kappa shape index (κ3) is 4.17. The molecule has 2 aromatic carbocycles. The van der Waals surface area contributed by atoms with Gasteiger partial charge in [-0.25, -0.2) is 9.78 Å². The molecule has 1 aromatic heterocycles. The fourth-order valence-corrected chi connectivity index (χ4v) is 3.15. The summed E-state index contributed by atoms with van der Waals surface area (Å²) < 4.78 is 80.6. The lowest BCUT2D eigenvalue weighted by molar-refractivity contribution is -0.141. The minimum atomic E-state index is -4.93. The van der Waals surface area contributed by atoms with Crippen LogP contribution in [0.5, 0.6) is 0 Å². The van der Waals surface area contributed by atoms with Crippen molar-refractivity contribution in [1.29, 1.82) is 0 Å². The monoisotopic (exact) mass is 428 g/mol. The SMILES string of the molecule is Cc1nc(-c2ccccc2)n(Cc2cc(C(F)(F)F)ccc2C(F)(F)F)c1C(=O)O. The summed E-state index contributed by atoms with van der Waals surface area (Å²) in [6.07, 6.45) is -9.78. The van der Waals surface area contributed by atoms with Gasteiger partial charge in [0.25, 0.3) is 0 Å². The lowest BCUT2D eigenvalue weighted by atomic mass is 10.0. The van der Waals surface area contributed by atoms with Crippen molar-refractivity contribution in [3.05, 3.63) is 76.6 Å². The van der Waals surface area contributed by atoms with Crippen LogP contribution in [0.1, 0.15) is 32.9 Å². The van der Waals surface area contributed by atoms with Gasteiger partial charge in [-0.1, -0.05) is 30.3 Å². The molecule has 0 radical (unpaired) electrons. The molecular formula is C20H14F6N2O2. The number of hydrogen-bond donors (Lipinski definition) is 1. The van der Waals surface area contributed by atoms with Gasteiger partial charge >= 0.3 is 18.3 Å². The Balaban J connectivity index is 2.24. The van der Waals surface area contributed by atoms with E-state index in [0.29, 0.717) is 23.8 Å². The molecule has 10 heteroatoms. The number of aryl methyl sites for hydroxylation is 1. The van der Waals surface area contributed by atoms with Crippen LogP contribution in [0.15, 0.2) is 48.5 Å². The van der Waals surface area contributed by atoms with E-state index in [1.54, 1.807) is 30.3 Å². The van der Waals surface area contributed by atoms with Crippen LogP contribution in [0.25, 0.3) is 11.4 Å². The maximum Gasteiger partial charge on any atom is 0.416 e. The van der Waals surface area contributed by atoms with Crippen molar-refractivity contribution in [3.63, 3.8) is 0 Å². The van der Waals surface area contributed by atoms with E-state index < -0.39 is 47.3 Å². The normalized spacial score (nSPS) is 12.2. The average molecular weight is 428 g/mol. The molecule has 0 spiro atoms. The van der Waals surface area contributed by atoms with E-state index in [-0.39, 0.29) is 11.5 Å². The molecule has 3 aromatic rings. The maximum absolute atomic E-state index is 13.4. The predicted octanol–water partition coefficient (Wildman–Crippen LogP) is 5.64. The first-order chi connectivity index (χ1) is 13.9. The van der Waals surface area contributed by atoms with E-state index in [1.165, 1.54) is 6.92 Å². The Morgan fingerprint density at radius 2 is 1.63 bits per heavy atom. The van der Waals surface area contributed by atoms with Crippen LogP contribution in [0.4, 0.5) is 26.3 Å². The first kappa shape index (κ1) is 21.4. The molecule has 0 atom stereocenters. The predicted molar refractivity (Wildman–Crippen MR) is 94.9 cm³/mol. The highest BCUT2D eigenvalue weighted by molar-refractivity contribution is 5.88. The van der Waals surface area contributed by atoms with Crippen molar-refractivity contribution in [3.8, 4) is 11.4 Å². The molecule has 3 rings (SSSR count). The molecule has 0 aliphatic rings. The number of alkyl halides is 6. The molecule has 0 amide bonds. The Labute approximate surface area is 166 Å². The quantitative estimate of drug-likeness (QED) is 0.547. The Bertz CT molecular complexity index is 1090. The van der Waals surface area contributed by atoms with Gasteiger partial charge in [-0.2, -0.15) is 26.3 Å². The van der Waals surface area contributed by atoms with Crippen molar-refractivity contribution in [2.75, 3.05) is 0 Å².